The summed E-state index contributed by atoms with van der Waals surface area (Å²) in [5, 5.41) is 0. The Morgan fingerprint density at radius 3 is 1.61 bits per heavy atom. The molecule has 3 aromatic carbocycles. The van der Waals surface area contributed by atoms with Gasteiger partial charge in [0.15, 0.2) is 0 Å². The fourth-order valence-electron chi connectivity index (χ4n) is 2.56. The topological polar surface area (TPSA) is 9.23 Å². The lowest BCUT2D eigenvalue weighted by Gasteiger charge is -2.08. The van der Waals surface area contributed by atoms with Gasteiger partial charge in [0.05, 0.1) is 6.61 Å². The molecule has 0 unspecified atom stereocenters. The summed E-state index contributed by atoms with van der Waals surface area (Å²) >= 11 is 0. The number of rotatable bonds is 6. The number of benzene rings is 3. The summed E-state index contributed by atoms with van der Waals surface area (Å²) in [6, 6.07) is 27.5. The van der Waals surface area contributed by atoms with E-state index in [-0.39, 0.29) is 0 Å². The molecule has 0 aliphatic rings. The average molecular weight is 302 g/mol. The van der Waals surface area contributed by atoms with Crippen LogP contribution in [0.2, 0.25) is 0 Å². The molecule has 0 atom stereocenters. The minimum absolute atomic E-state index is 0.793. The highest BCUT2D eigenvalue weighted by Crippen LogP contribution is 2.26. The van der Waals surface area contributed by atoms with E-state index in [1.807, 2.05) is 6.07 Å². The van der Waals surface area contributed by atoms with Crippen LogP contribution in [0.25, 0.3) is 22.3 Å². The highest BCUT2D eigenvalue weighted by Gasteiger charge is 2.01. The van der Waals surface area contributed by atoms with E-state index in [2.05, 4.69) is 79.7 Å². The van der Waals surface area contributed by atoms with Crippen LogP contribution in [-0.2, 0) is 0 Å². The van der Waals surface area contributed by atoms with Crippen molar-refractivity contribution in [2.45, 2.75) is 19.8 Å². The number of unbranched alkanes of at least 4 members (excludes halogenated alkanes) is 1. The quantitative estimate of drug-likeness (QED) is 0.493. The third-order valence-electron chi connectivity index (χ3n) is 3.95. The Labute approximate surface area is 138 Å². The molecule has 0 bridgehead atoms. The molecule has 0 fully saturated rings. The molecule has 0 aromatic heterocycles. The van der Waals surface area contributed by atoms with Crippen molar-refractivity contribution in [1.82, 2.24) is 0 Å². The highest BCUT2D eigenvalue weighted by atomic mass is 16.5. The van der Waals surface area contributed by atoms with Crippen LogP contribution in [0.15, 0.2) is 78.9 Å². The Morgan fingerprint density at radius 1 is 0.609 bits per heavy atom. The van der Waals surface area contributed by atoms with Crippen molar-refractivity contribution >= 4 is 0 Å². The van der Waals surface area contributed by atoms with Gasteiger partial charge in [-0.3, -0.25) is 0 Å². The van der Waals surface area contributed by atoms with E-state index in [0.717, 1.165) is 25.2 Å². The van der Waals surface area contributed by atoms with Gasteiger partial charge < -0.3 is 4.74 Å². The normalized spacial score (nSPS) is 10.5. The molecular formula is C22H22O. The zero-order chi connectivity index (χ0) is 15.9. The van der Waals surface area contributed by atoms with Gasteiger partial charge in [0, 0.05) is 0 Å². The van der Waals surface area contributed by atoms with E-state index < -0.39 is 0 Å². The van der Waals surface area contributed by atoms with Crippen LogP contribution < -0.4 is 4.74 Å². The number of hydrogen-bond donors (Lipinski definition) is 0. The van der Waals surface area contributed by atoms with Crippen LogP contribution in [0.4, 0.5) is 0 Å². The van der Waals surface area contributed by atoms with Gasteiger partial charge in [-0.1, -0.05) is 80.1 Å². The third kappa shape index (κ3) is 4.01. The van der Waals surface area contributed by atoms with Crippen molar-refractivity contribution in [2.24, 2.45) is 0 Å². The van der Waals surface area contributed by atoms with Crippen LogP contribution in [-0.4, -0.2) is 6.61 Å². The summed E-state index contributed by atoms with van der Waals surface area (Å²) < 4.78 is 5.71. The molecule has 1 heteroatoms. The Bertz CT molecular complexity index is 712. The zero-order valence-corrected chi connectivity index (χ0v) is 13.5. The molecule has 1 nitrogen and oxygen atoms in total. The Kier molecular flexibility index (Phi) is 5.10. The first-order valence-corrected chi connectivity index (χ1v) is 8.25. The van der Waals surface area contributed by atoms with Crippen LogP contribution in [0.5, 0.6) is 5.75 Å². The number of hydrogen-bond acceptors (Lipinski definition) is 1. The van der Waals surface area contributed by atoms with E-state index >= 15 is 0 Å². The summed E-state index contributed by atoms with van der Waals surface area (Å²) in [6.45, 7) is 2.97. The molecule has 0 aliphatic carbocycles. The molecule has 3 rings (SSSR count). The lowest BCUT2D eigenvalue weighted by atomic mass is 10.0. The zero-order valence-electron chi connectivity index (χ0n) is 13.5. The molecule has 0 amide bonds. The first-order valence-electron chi connectivity index (χ1n) is 8.25. The van der Waals surface area contributed by atoms with Gasteiger partial charge in [-0.2, -0.15) is 0 Å². The Morgan fingerprint density at radius 2 is 1.09 bits per heavy atom. The van der Waals surface area contributed by atoms with Crippen LogP contribution in [0, 0.1) is 0 Å². The van der Waals surface area contributed by atoms with Crippen molar-refractivity contribution in [3.63, 3.8) is 0 Å². The molecule has 116 valence electrons. The molecule has 0 spiro atoms. The van der Waals surface area contributed by atoms with E-state index in [4.69, 9.17) is 4.74 Å². The van der Waals surface area contributed by atoms with Crippen molar-refractivity contribution < 1.29 is 4.74 Å². The smallest absolute Gasteiger partial charge is 0.119 e. The lowest BCUT2D eigenvalue weighted by Crippen LogP contribution is -1.95. The van der Waals surface area contributed by atoms with Gasteiger partial charge in [0.1, 0.15) is 5.75 Å². The van der Waals surface area contributed by atoms with Crippen molar-refractivity contribution in [3.05, 3.63) is 78.9 Å². The molecule has 0 heterocycles. The van der Waals surface area contributed by atoms with Gasteiger partial charge in [-0.25, -0.2) is 0 Å². The molecule has 3 aromatic rings. The van der Waals surface area contributed by atoms with Crippen LogP contribution in [0.1, 0.15) is 19.8 Å². The second-order valence-electron chi connectivity index (χ2n) is 5.67. The van der Waals surface area contributed by atoms with Crippen LogP contribution in [0.3, 0.4) is 0 Å². The second kappa shape index (κ2) is 7.64. The molecular weight excluding hydrogens is 280 g/mol. The van der Waals surface area contributed by atoms with Gasteiger partial charge in [-0.05, 0) is 40.8 Å². The van der Waals surface area contributed by atoms with E-state index in [1.165, 1.54) is 22.3 Å². The van der Waals surface area contributed by atoms with Gasteiger partial charge >= 0.3 is 0 Å². The molecule has 23 heavy (non-hydrogen) atoms. The summed E-state index contributed by atoms with van der Waals surface area (Å²) in [6.07, 6.45) is 2.26. The van der Waals surface area contributed by atoms with E-state index in [1.54, 1.807) is 0 Å². The lowest BCUT2D eigenvalue weighted by molar-refractivity contribution is 0.309. The van der Waals surface area contributed by atoms with Crippen molar-refractivity contribution in [3.8, 4) is 28.0 Å². The average Bonchev–Trinajstić information content (AvgIpc) is 2.63. The third-order valence-corrected chi connectivity index (χ3v) is 3.95. The maximum absolute atomic E-state index is 5.71. The summed E-state index contributed by atoms with van der Waals surface area (Å²) in [5.74, 6) is 0.947. The predicted molar refractivity (Wildman–Crippen MR) is 97.7 cm³/mol. The summed E-state index contributed by atoms with van der Waals surface area (Å²) in [4.78, 5) is 0. The minimum atomic E-state index is 0.793. The minimum Gasteiger partial charge on any atom is -0.494 e. The first kappa shape index (κ1) is 15.4. The number of ether oxygens (including phenoxy) is 1. The van der Waals surface area contributed by atoms with Gasteiger partial charge in [0.2, 0.25) is 0 Å². The summed E-state index contributed by atoms with van der Waals surface area (Å²) in [7, 11) is 0. The van der Waals surface area contributed by atoms with Gasteiger partial charge in [0.25, 0.3) is 0 Å². The summed E-state index contributed by atoms with van der Waals surface area (Å²) in [5.41, 5.74) is 4.94. The standard InChI is InChI=1S/C22H22O/c1-2-3-17-23-22-15-13-21(14-16-22)20-11-9-19(10-12-20)18-7-5-4-6-8-18/h4-16H,2-3,17H2,1H3. The molecule has 0 saturated heterocycles. The van der Waals surface area contributed by atoms with E-state index in [0.29, 0.717) is 0 Å². The van der Waals surface area contributed by atoms with E-state index in [9.17, 15) is 0 Å². The van der Waals surface area contributed by atoms with Gasteiger partial charge in [-0.15, -0.1) is 0 Å². The molecule has 0 aliphatic heterocycles. The largest absolute Gasteiger partial charge is 0.494 e. The highest BCUT2D eigenvalue weighted by molar-refractivity contribution is 5.70. The Balaban J connectivity index is 1.72. The SMILES string of the molecule is CCCCOc1ccc(-c2ccc(-c3ccccc3)cc2)cc1. The Hall–Kier alpha value is -2.54. The fraction of sp³-hybridized carbons (Fsp3) is 0.182. The molecule has 0 N–H and O–H groups in total. The fourth-order valence-corrected chi connectivity index (χ4v) is 2.56. The van der Waals surface area contributed by atoms with Crippen LogP contribution >= 0.6 is 0 Å². The first-order chi connectivity index (χ1) is 11.4. The van der Waals surface area contributed by atoms with Crippen molar-refractivity contribution in [1.29, 1.82) is 0 Å². The second-order valence-corrected chi connectivity index (χ2v) is 5.67. The maximum Gasteiger partial charge on any atom is 0.119 e. The molecule has 0 radical (unpaired) electrons. The molecule has 0 saturated carbocycles. The monoisotopic (exact) mass is 302 g/mol. The van der Waals surface area contributed by atoms with Crippen molar-refractivity contribution in [2.75, 3.05) is 6.61 Å². The maximum atomic E-state index is 5.71. The predicted octanol–water partition coefficient (Wildman–Crippen LogP) is 6.20.